The molecule has 1 unspecified atom stereocenters. The molecule has 0 saturated carbocycles. The summed E-state index contributed by atoms with van der Waals surface area (Å²) in [5.74, 6) is 1.62. The Kier molecular flexibility index (Phi) is 6.73. The van der Waals surface area contributed by atoms with Gasteiger partial charge in [-0.25, -0.2) is 0 Å². The largest absolute Gasteiger partial charge is 0.490 e. The third kappa shape index (κ3) is 5.50. The number of rotatable bonds is 8. The lowest BCUT2D eigenvalue weighted by atomic mass is 10.2. The summed E-state index contributed by atoms with van der Waals surface area (Å²) < 4.78 is 5.96. The molecule has 0 radical (unpaired) electrons. The van der Waals surface area contributed by atoms with Crippen molar-refractivity contribution < 1.29 is 4.74 Å². The van der Waals surface area contributed by atoms with Crippen LogP contribution in [0.4, 0.5) is 0 Å². The lowest BCUT2D eigenvalue weighted by Gasteiger charge is -2.17. The summed E-state index contributed by atoms with van der Waals surface area (Å²) in [6, 6.07) is 1.96. The van der Waals surface area contributed by atoms with Crippen molar-refractivity contribution in [1.29, 1.82) is 0 Å². The van der Waals surface area contributed by atoms with Gasteiger partial charge in [-0.05, 0) is 31.9 Å². The van der Waals surface area contributed by atoms with E-state index < -0.39 is 0 Å². The topological polar surface area (TPSA) is 34.1 Å². The van der Waals surface area contributed by atoms with E-state index in [1.54, 1.807) is 6.20 Å². The standard InChI is InChI=1S/C15H26N2O/c1-5-6-13(4)18-15-7-8-16-10-14(15)11-17-9-12(2)3/h7-8,10,12-13,17H,5-6,9,11H2,1-4H3. The lowest BCUT2D eigenvalue weighted by molar-refractivity contribution is 0.207. The molecule has 0 saturated heterocycles. The smallest absolute Gasteiger partial charge is 0.127 e. The SMILES string of the molecule is CCCC(C)Oc1ccncc1CNCC(C)C. The van der Waals surface area contributed by atoms with Crippen molar-refractivity contribution in [2.24, 2.45) is 5.92 Å². The molecule has 1 N–H and O–H groups in total. The van der Waals surface area contributed by atoms with Crippen molar-refractivity contribution in [3.8, 4) is 5.75 Å². The van der Waals surface area contributed by atoms with Crippen LogP contribution in [0.3, 0.4) is 0 Å². The van der Waals surface area contributed by atoms with Gasteiger partial charge in [-0.3, -0.25) is 4.98 Å². The molecule has 3 heteroatoms. The first kappa shape index (κ1) is 15.0. The number of hydrogen-bond donors (Lipinski definition) is 1. The van der Waals surface area contributed by atoms with E-state index >= 15 is 0 Å². The molecule has 102 valence electrons. The fourth-order valence-corrected chi connectivity index (χ4v) is 1.84. The molecule has 1 aromatic heterocycles. The number of ether oxygens (including phenoxy) is 1. The summed E-state index contributed by atoms with van der Waals surface area (Å²) >= 11 is 0. The predicted molar refractivity (Wildman–Crippen MR) is 75.8 cm³/mol. The molecule has 0 aromatic carbocycles. The van der Waals surface area contributed by atoms with Gasteiger partial charge in [0.25, 0.3) is 0 Å². The number of pyridine rings is 1. The van der Waals surface area contributed by atoms with Crippen LogP contribution in [0, 0.1) is 5.92 Å². The van der Waals surface area contributed by atoms with Gasteiger partial charge in [0, 0.05) is 24.5 Å². The molecular weight excluding hydrogens is 224 g/mol. The zero-order chi connectivity index (χ0) is 13.4. The van der Waals surface area contributed by atoms with Crippen molar-refractivity contribution in [1.82, 2.24) is 10.3 Å². The highest BCUT2D eigenvalue weighted by Crippen LogP contribution is 2.19. The molecule has 0 fully saturated rings. The molecule has 1 rings (SSSR count). The molecule has 3 nitrogen and oxygen atoms in total. The zero-order valence-corrected chi connectivity index (χ0v) is 12.1. The first-order valence-corrected chi connectivity index (χ1v) is 6.93. The minimum absolute atomic E-state index is 0.265. The highest BCUT2D eigenvalue weighted by Gasteiger charge is 2.07. The maximum absolute atomic E-state index is 5.96. The zero-order valence-electron chi connectivity index (χ0n) is 12.1. The number of aromatic nitrogens is 1. The molecular formula is C15H26N2O. The second-order valence-electron chi connectivity index (χ2n) is 5.23. The van der Waals surface area contributed by atoms with E-state index in [1.807, 2.05) is 12.3 Å². The summed E-state index contributed by atoms with van der Waals surface area (Å²) in [5, 5.41) is 3.43. The third-order valence-corrected chi connectivity index (χ3v) is 2.75. The van der Waals surface area contributed by atoms with E-state index in [-0.39, 0.29) is 6.10 Å². The van der Waals surface area contributed by atoms with Gasteiger partial charge in [0.05, 0.1) is 6.10 Å². The Morgan fingerprint density at radius 2 is 2.11 bits per heavy atom. The van der Waals surface area contributed by atoms with Crippen LogP contribution in [0.1, 0.15) is 46.1 Å². The first-order valence-electron chi connectivity index (χ1n) is 6.93. The highest BCUT2D eigenvalue weighted by molar-refractivity contribution is 5.30. The molecule has 0 spiro atoms. The molecule has 18 heavy (non-hydrogen) atoms. The van der Waals surface area contributed by atoms with Crippen LogP contribution in [-0.2, 0) is 6.54 Å². The summed E-state index contributed by atoms with van der Waals surface area (Å²) in [5.41, 5.74) is 1.14. The van der Waals surface area contributed by atoms with Crippen LogP contribution in [0.25, 0.3) is 0 Å². The van der Waals surface area contributed by atoms with Gasteiger partial charge in [0.15, 0.2) is 0 Å². The Morgan fingerprint density at radius 1 is 1.33 bits per heavy atom. The van der Waals surface area contributed by atoms with Crippen LogP contribution in [0.5, 0.6) is 5.75 Å². The third-order valence-electron chi connectivity index (χ3n) is 2.75. The second kappa shape index (κ2) is 8.09. The van der Waals surface area contributed by atoms with E-state index in [2.05, 4.69) is 38.0 Å². The summed E-state index contributed by atoms with van der Waals surface area (Å²) in [6.07, 6.45) is 6.18. The lowest BCUT2D eigenvalue weighted by Crippen LogP contribution is -2.20. The normalized spacial score (nSPS) is 12.7. The Bertz CT molecular complexity index is 339. The van der Waals surface area contributed by atoms with Crippen LogP contribution < -0.4 is 10.1 Å². The summed E-state index contributed by atoms with van der Waals surface area (Å²) in [4.78, 5) is 4.18. The minimum Gasteiger partial charge on any atom is -0.490 e. The number of nitrogens with one attached hydrogen (secondary N) is 1. The Labute approximate surface area is 111 Å². The van der Waals surface area contributed by atoms with E-state index in [1.165, 1.54) is 0 Å². The summed E-state index contributed by atoms with van der Waals surface area (Å²) in [6.45, 7) is 10.5. The maximum Gasteiger partial charge on any atom is 0.127 e. The van der Waals surface area contributed by atoms with Crippen molar-refractivity contribution >= 4 is 0 Å². The molecule has 0 amide bonds. The molecule has 0 aliphatic carbocycles. The van der Waals surface area contributed by atoms with Gasteiger partial charge in [0.2, 0.25) is 0 Å². The van der Waals surface area contributed by atoms with E-state index in [0.29, 0.717) is 5.92 Å². The van der Waals surface area contributed by atoms with Crippen LogP contribution in [0.2, 0.25) is 0 Å². The predicted octanol–water partition coefficient (Wildman–Crippen LogP) is 3.39. The Morgan fingerprint density at radius 3 is 2.78 bits per heavy atom. The molecule has 0 aliphatic heterocycles. The first-order chi connectivity index (χ1) is 8.63. The van der Waals surface area contributed by atoms with Gasteiger partial charge >= 0.3 is 0 Å². The second-order valence-corrected chi connectivity index (χ2v) is 5.23. The Hall–Kier alpha value is -1.09. The minimum atomic E-state index is 0.265. The van der Waals surface area contributed by atoms with E-state index in [4.69, 9.17) is 4.74 Å². The fraction of sp³-hybridized carbons (Fsp3) is 0.667. The van der Waals surface area contributed by atoms with Gasteiger partial charge < -0.3 is 10.1 Å². The average Bonchev–Trinajstić information content (AvgIpc) is 2.31. The Balaban J connectivity index is 2.56. The molecule has 0 aliphatic rings. The van der Waals surface area contributed by atoms with Crippen LogP contribution in [-0.4, -0.2) is 17.6 Å². The maximum atomic E-state index is 5.96. The van der Waals surface area contributed by atoms with Crippen molar-refractivity contribution in [3.63, 3.8) is 0 Å². The highest BCUT2D eigenvalue weighted by atomic mass is 16.5. The van der Waals surface area contributed by atoms with Crippen LogP contribution >= 0.6 is 0 Å². The molecule has 1 heterocycles. The van der Waals surface area contributed by atoms with Crippen LogP contribution in [0.15, 0.2) is 18.5 Å². The molecule has 1 atom stereocenters. The van der Waals surface area contributed by atoms with Crippen molar-refractivity contribution in [2.45, 2.75) is 53.2 Å². The number of nitrogens with zero attached hydrogens (tertiary/aromatic N) is 1. The van der Waals surface area contributed by atoms with Gasteiger partial charge in [-0.1, -0.05) is 27.2 Å². The van der Waals surface area contributed by atoms with Gasteiger partial charge in [-0.2, -0.15) is 0 Å². The van der Waals surface area contributed by atoms with E-state index in [0.717, 1.165) is 37.2 Å². The van der Waals surface area contributed by atoms with Crippen molar-refractivity contribution in [3.05, 3.63) is 24.0 Å². The monoisotopic (exact) mass is 250 g/mol. The average molecular weight is 250 g/mol. The number of hydrogen-bond acceptors (Lipinski definition) is 3. The fourth-order valence-electron chi connectivity index (χ4n) is 1.84. The quantitative estimate of drug-likeness (QED) is 0.768. The van der Waals surface area contributed by atoms with Crippen molar-refractivity contribution in [2.75, 3.05) is 6.54 Å². The summed E-state index contributed by atoms with van der Waals surface area (Å²) in [7, 11) is 0. The molecule has 0 bridgehead atoms. The van der Waals surface area contributed by atoms with Gasteiger partial charge in [0.1, 0.15) is 5.75 Å². The van der Waals surface area contributed by atoms with Gasteiger partial charge in [-0.15, -0.1) is 0 Å². The molecule has 1 aromatic rings. The van der Waals surface area contributed by atoms with E-state index in [9.17, 15) is 0 Å².